The van der Waals surface area contributed by atoms with Crippen molar-refractivity contribution in [3.05, 3.63) is 54.5 Å². The lowest BCUT2D eigenvalue weighted by atomic mass is 10.2. The van der Waals surface area contributed by atoms with Crippen LogP contribution in [0, 0.1) is 0 Å². The summed E-state index contributed by atoms with van der Waals surface area (Å²) in [6.07, 6.45) is 4.25. The second kappa shape index (κ2) is 7.87. The normalized spacial score (nSPS) is 17.2. The quantitative estimate of drug-likeness (QED) is 0.649. The molecule has 1 aromatic carbocycles. The number of rotatable bonds is 5. The van der Waals surface area contributed by atoms with E-state index in [-0.39, 0.29) is 11.7 Å². The summed E-state index contributed by atoms with van der Waals surface area (Å²) < 4.78 is 6.83. The first kappa shape index (κ1) is 18.7. The maximum absolute atomic E-state index is 13.2. The molecule has 8 nitrogen and oxygen atoms in total. The number of carbonyl (C=O) groups is 1. The SMILES string of the molecule is COc1ccc(-n2nc(C(=O)N3CCN(C4CC4)CC3)nc2-c2ccccc2)cn1. The molecule has 154 valence electrons. The third-order valence-electron chi connectivity index (χ3n) is 5.67. The van der Waals surface area contributed by atoms with Crippen LogP contribution >= 0.6 is 0 Å². The highest BCUT2D eigenvalue weighted by atomic mass is 16.5. The summed E-state index contributed by atoms with van der Waals surface area (Å²) in [6, 6.07) is 14.1. The minimum Gasteiger partial charge on any atom is -0.481 e. The predicted molar refractivity (Wildman–Crippen MR) is 112 cm³/mol. The van der Waals surface area contributed by atoms with Gasteiger partial charge in [0.25, 0.3) is 5.91 Å². The minimum atomic E-state index is -0.122. The van der Waals surface area contributed by atoms with E-state index in [2.05, 4.69) is 20.0 Å². The summed E-state index contributed by atoms with van der Waals surface area (Å²) in [5.41, 5.74) is 1.61. The van der Waals surface area contributed by atoms with E-state index < -0.39 is 0 Å². The van der Waals surface area contributed by atoms with E-state index in [1.807, 2.05) is 41.3 Å². The van der Waals surface area contributed by atoms with Crippen LogP contribution in [0.2, 0.25) is 0 Å². The fourth-order valence-corrected chi connectivity index (χ4v) is 3.85. The maximum atomic E-state index is 13.2. The van der Waals surface area contributed by atoms with Crippen LogP contribution in [-0.2, 0) is 0 Å². The Labute approximate surface area is 175 Å². The van der Waals surface area contributed by atoms with Gasteiger partial charge >= 0.3 is 0 Å². The molecule has 0 radical (unpaired) electrons. The standard InChI is InChI=1S/C22H24N6O2/c1-30-19-10-9-18(15-23-19)28-21(16-5-3-2-4-6-16)24-20(25-28)22(29)27-13-11-26(12-14-27)17-7-8-17/h2-6,9-10,15,17H,7-8,11-14H2,1H3. The monoisotopic (exact) mass is 404 g/mol. The van der Waals surface area contributed by atoms with Crippen molar-refractivity contribution >= 4 is 5.91 Å². The molecule has 30 heavy (non-hydrogen) atoms. The van der Waals surface area contributed by atoms with Gasteiger partial charge in [0.1, 0.15) is 0 Å². The Bertz CT molecular complexity index is 1020. The molecule has 1 saturated heterocycles. The molecule has 0 unspecified atom stereocenters. The van der Waals surface area contributed by atoms with Gasteiger partial charge in [-0.25, -0.2) is 14.6 Å². The smallest absolute Gasteiger partial charge is 0.293 e. The lowest BCUT2D eigenvalue weighted by Gasteiger charge is -2.34. The highest BCUT2D eigenvalue weighted by Crippen LogP contribution is 2.28. The number of ether oxygens (including phenoxy) is 1. The number of amides is 1. The second-order valence-corrected chi connectivity index (χ2v) is 7.65. The molecule has 2 aromatic heterocycles. The number of pyridine rings is 1. The Kier molecular flexibility index (Phi) is 4.92. The fourth-order valence-electron chi connectivity index (χ4n) is 3.85. The maximum Gasteiger partial charge on any atom is 0.293 e. The zero-order chi connectivity index (χ0) is 20.5. The van der Waals surface area contributed by atoms with E-state index in [0.29, 0.717) is 24.8 Å². The fraction of sp³-hybridized carbons (Fsp3) is 0.364. The predicted octanol–water partition coefficient (Wildman–Crippen LogP) is 2.26. The van der Waals surface area contributed by atoms with Gasteiger partial charge in [-0.15, -0.1) is 5.10 Å². The first-order valence-electron chi connectivity index (χ1n) is 10.3. The van der Waals surface area contributed by atoms with E-state index in [0.717, 1.165) is 30.4 Å². The molecule has 1 amide bonds. The molecule has 2 fully saturated rings. The largest absolute Gasteiger partial charge is 0.481 e. The molecule has 1 saturated carbocycles. The number of hydrogen-bond donors (Lipinski definition) is 0. The molecule has 1 aliphatic carbocycles. The van der Waals surface area contributed by atoms with Crippen molar-refractivity contribution in [2.24, 2.45) is 0 Å². The number of methoxy groups -OCH3 is 1. The number of aromatic nitrogens is 4. The number of carbonyl (C=O) groups excluding carboxylic acids is 1. The van der Waals surface area contributed by atoms with Crippen LogP contribution in [0.3, 0.4) is 0 Å². The van der Waals surface area contributed by atoms with Gasteiger partial charge in [-0.05, 0) is 18.9 Å². The lowest BCUT2D eigenvalue weighted by Crippen LogP contribution is -2.49. The van der Waals surface area contributed by atoms with Gasteiger partial charge < -0.3 is 9.64 Å². The first-order chi connectivity index (χ1) is 14.7. The van der Waals surface area contributed by atoms with Crippen molar-refractivity contribution in [1.29, 1.82) is 0 Å². The summed E-state index contributed by atoms with van der Waals surface area (Å²) >= 11 is 0. The van der Waals surface area contributed by atoms with Crippen molar-refractivity contribution in [2.45, 2.75) is 18.9 Å². The van der Waals surface area contributed by atoms with Crippen LogP contribution in [0.1, 0.15) is 23.5 Å². The van der Waals surface area contributed by atoms with Gasteiger partial charge in [0.05, 0.1) is 19.0 Å². The van der Waals surface area contributed by atoms with Crippen LogP contribution in [0.4, 0.5) is 0 Å². The van der Waals surface area contributed by atoms with Gasteiger partial charge in [-0.3, -0.25) is 9.69 Å². The molecule has 3 heterocycles. The summed E-state index contributed by atoms with van der Waals surface area (Å²) in [7, 11) is 1.58. The Hall–Kier alpha value is -3.26. The molecular formula is C22H24N6O2. The van der Waals surface area contributed by atoms with Crippen LogP contribution in [-0.4, -0.2) is 74.8 Å². The van der Waals surface area contributed by atoms with Gasteiger partial charge in [0.15, 0.2) is 5.82 Å². The molecule has 0 spiro atoms. The molecule has 1 aliphatic heterocycles. The zero-order valence-electron chi connectivity index (χ0n) is 16.9. The Balaban J connectivity index is 1.45. The van der Waals surface area contributed by atoms with Crippen molar-refractivity contribution in [3.8, 4) is 23.0 Å². The van der Waals surface area contributed by atoms with Gasteiger partial charge in [0.2, 0.25) is 11.7 Å². The van der Waals surface area contributed by atoms with Gasteiger partial charge in [-0.2, -0.15) is 0 Å². The van der Waals surface area contributed by atoms with Crippen LogP contribution in [0.5, 0.6) is 5.88 Å². The summed E-state index contributed by atoms with van der Waals surface area (Å²) in [6.45, 7) is 3.28. The summed E-state index contributed by atoms with van der Waals surface area (Å²) in [5.74, 6) is 1.22. The van der Waals surface area contributed by atoms with Gasteiger partial charge in [0, 0.05) is 43.9 Å². The molecule has 0 atom stereocenters. The molecule has 5 rings (SSSR count). The van der Waals surface area contributed by atoms with Crippen molar-refractivity contribution < 1.29 is 9.53 Å². The molecule has 0 bridgehead atoms. The van der Waals surface area contributed by atoms with Crippen LogP contribution in [0.25, 0.3) is 17.1 Å². The van der Waals surface area contributed by atoms with Crippen LogP contribution in [0.15, 0.2) is 48.7 Å². The van der Waals surface area contributed by atoms with E-state index in [9.17, 15) is 4.79 Å². The number of nitrogens with zero attached hydrogens (tertiary/aromatic N) is 6. The average Bonchev–Trinajstić information content (AvgIpc) is 3.57. The number of piperazine rings is 1. The van der Waals surface area contributed by atoms with Crippen molar-refractivity contribution in [1.82, 2.24) is 29.5 Å². The third kappa shape index (κ3) is 3.66. The molecule has 8 heteroatoms. The third-order valence-corrected chi connectivity index (χ3v) is 5.67. The highest BCUT2D eigenvalue weighted by Gasteiger charge is 2.33. The zero-order valence-corrected chi connectivity index (χ0v) is 16.9. The Morgan fingerprint density at radius 1 is 1.03 bits per heavy atom. The summed E-state index contributed by atoms with van der Waals surface area (Å²) in [4.78, 5) is 26.4. The average molecular weight is 404 g/mol. The number of hydrogen-bond acceptors (Lipinski definition) is 6. The van der Waals surface area contributed by atoms with Gasteiger partial charge in [-0.1, -0.05) is 30.3 Å². The van der Waals surface area contributed by atoms with E-state index in [4.69, 9.17) is 4.74 Å². The van der Waals surface area contributed by atoms with Crippen LogP contribution < -0.4 is 4.74 Å². The topological polar surface area (TPSA) is 76.4 Å². The molecule has 3 aromatic rings. The Morgan fingerprint density at radius 2 is 1.80 bits per heavy atom. The molecular weight excluding hydrogens is 380 g/mol. The first-order valence-corrected chi connectivity index (χ1v) is 10.3. The second-order valence-electron chi connectivity index (χ2n) is 7.65. The number of benzene rings is 1. The molecule has 0 N–H and O–H groups in total. The highest BCUT2D eigenvalue weighted by molar-refractivity contribution is 5.91. The van der Waals surface area contributed by atoms with E-state index in [1.165, 1.54) is 12.8 Å². The molecule has 2 aliphatic rings. The van der Waals surface area contributed by atoms with E-state index in [1.54, 1.807) is 24.1 Å². The summed E-state index contributed by atoms with van der Waals surface area (Å²) in [5, 5.41) is 4.57. The van der Waals surface area contributed by atoms with E-state index >= 15 is 0 Å². The minimum absolute atomic E-state index is 0.122. The lowest BCUT2D eigenvalue weighted by molar-refractivity contribution is 0.0615. The van der Waals surface area contributed by atoms with Crippen molar-refractivity contribution in [2.75, 3.05) is 33.3 Å². The van der Waals surface area contributed by atoms with Crippen molar-refractivity contribution in [3.63, 3.8) is 0 Å². The Morgan fingerprint density at radius 3 is 2.43 bits per heavy atom.